The Labute approximate surface area is 219 Å². The van der Waals surface area contributed by atoms with Gasteiger partial charge < -0.3 is 9.16 Å². The molecule has 198 valence electrons. The number of benzene rings is 1. The first-order valence-corrected chi connectivity index (χ1v) is 16.5. The molecular weight excluding hydrogens is 464 g/mol. The zero-order chi connectivity index (χ0) is 26.5. The monoisotopic (exact) mass is 510 g/mol. The van der Waals surface area contributed by atoms with Crippen molar-refractivity contribution in [2.75, 3.05) is 19.7 Å². The third-order valence-corrected chi connectivity index (χ3v) is 13.1. The van der Waals surface area contributed by atoms with Crippen LogP contribution in [0.2, 0.25) is 18.1 Å². The molecule has 5 nitrogen and oxygen atoms in total. The summed E-state index contributed by atoms with van der Waals surface area (Å²) in [7, 11) is -1.78. The van der Waals surface area contributed by atoms with Crippen LogP contribution in [-0.4, -0.2) is 49.2 Å². The topological polar surface area (TPSA) is 43.7 Å². The lowest BCUT2D eigenvalue weighted by molar-refractivity contribution is 0.0516. The molecule has 4 rings (SSSR count). The van der Waals surface area contributed by atoms with E-state index in [-0.39, 0.29) is 17.2 Å². The summed E-state index contributed by atoms with van der Waals surface area (Å²) >= 11 is 0. The summed E-state index contributed by atoms with van der Waals surface area (Å²) < 4.78 is 14.4. The molecule has 1 aromatic carbocycles. The van der Waals surface area contributed by atoms with Gasteiger partial charge in [0.25, 0.3) is 0 Å². The van der Waals surface area contributed by atoms with Gasteiger partial charge in [0.1, 0.15) is 5.60 Å². The predicted octanol–water partition coefficient (Wildman–Crippen LogP) is 7.70. The molecule has 0 unspecified atom stereocenters. The largest absolute Gasteiger partial charge is 0.443 e. The first-order valence-electron chi connectivity index (χ1n) is 13.6. The Morgan fingerprint density at radius 2 is 1.83 bits per heavy atom. The SMILES string of the molecule is C/C=C1/CN2CCc3c(n(C(=O)OC(C)(C)C)c4ccccc34)[C@@H]2C[C@@H]1CCO[Si](C)(C)C(C)(C)C. The molecule has 36 heavy (non-hydrogen) atoms. The molecule has 0 radical (unpaired) electrons. The van der Waals surface area contributed by atoms with Gasteiger partial charge in [-0.25, -0.2) is 9.36 Å². The third-order valence-electron chi connectivity index (χ3n) is 8.53. The number of carbonyl (C=O) groups is 1. The Balaban J connectivity index is 1.67. The summed E-state index contributed by atoms with van der Waals surface area (Å²) in [6.45, 7) is 22.3. The number of hydrogen-bond donors (Lipinski definition) is 0. The number of para-hydroxylation sites is 1. The Hall–Kier alpha value is -1.89. The molecule has 3 heterocycles. The lowest BCUT2D eigenvalue weighted by Crippen LogP contribution is -2.45. The van der Waals surface area contributed by atoms with Crippen LogP contribution in [0.1, 0.15) is 78.6 Å². The van der Waals surface area contributed by atoms with Gasteiger partial charge in [0.15, 0.2) is 8.32 Å². The van der Waals surface area contributed by atoms with Crippen LogP contribution in [-0.2, 0) is 15.6 Å². The summed E-state index contributed by atoms with van der Waals surface area (Å²) in [6.07, 6.45) is 5.03. The molecule has 0 bridgehead atoms. The molecule has 0 N–H and O–H groups in total. The number of fused-ring (bicyclic) bond motifs is 5. The number of ether oxygens (including phenoxy) is 1. The standard InChI is InChI=1S/C30H46N2O3Si/c1-10-21-20-31-17-15-24-23-13-11-12-14-25(23)32(28(33)35-29(2,3)4)27(24)26(31)19-22(21)16-18-34-36(8,9)30(5,6)7/h10-14,22,26H,15-20H2,1-9H3/b21-10-/t22-,26-/m0/s1. The van der Waals surface area contributed by atoms with E-state index in [0.717, 1.165) is 50.2 Å². The second kappa shape index (κ2) is 9.77. The van der Waals surface area contributed by atoms with Crippen LogP contribution in [0.5, 0.6) is 0 Å². The highest BCUT2D eigenvalue weighted by Crippen LogP contribution is 2.45. The fourth-order valence-corrected chi connectivity index (χ4v) is 6.63. The molecule has 1 fully saturated rings. The summed E-state index contributed by atoms with van der Waals surface area (Å²) in [6, 6.07) is 8.53. The fraction of sp³-hybridized carbons (Fsp3) is 0.633. The van der Waals surface area contributed by atoms with Gasteiger partial charge >= 0.3 is 6.09 Å². The number of allylic oxidation sites excluding steroid dienone is 1. The molecule has 0 amide bonds. The summed E-state index contributed by atoms with van der Waals surface area (Å²) in [5, 5.41) is 1.40. The second-order valence-corrected chi connectivity index (χ2v) is 17.9. The molecule has 2 aliphatic rings. The number of nitrogens with zero attached hydrogens (tertiary/aromatic N) is 2. The fourth-order valence-electron chi connectivity index (χ4n) is 5.57. The lowest BCUT2D eigenvalue weighted by Gasteiger charge is -2.45. The van der Waals surface area contributed by atoms with Crippen LogP contribution in [0.4, 0.5) is 4.79 Å². The molecule has 2 aromatic rings. The van der Waals surface area contributed by atoms with E-state index >= 15 is 0 Å². The maximum atomic E-state index is 13.6. The van der Waals surface area contributed by atoms with Gasteiger partial charge in [-0.2, -0.15) is 0 Å². The Morgan fingerprint density at radius 3 is 2.47 bits per heavy atom. The van der Waals surface area contributed by atoms with Crippen molar-refractivity contribution in [2.24, 2.45) is 5.92 Å². The van der Waals surface area contributed by atoms with Crippen LogP contribution in [0.3, 0.4) is 0 Å². The quantitative estimate of drug-likeness (QED) is 0.312. The van der Waals surface area contributed by atoms with E-state index in [9.17, 15) is 4.79 Å². The van der Waals surface area contributed by atoms with Crippen molar-refractivity contribution in [2.45, 2.75) is 97.5 Å². The van der Waals surface area contributed by atoms with E-state index in [2.05, 4.69) is 70.0 Å². The predicted molar refractivity (Wildman–Crippen MR) is 151 cm³/mol. The summed E-state index contributed by atoms with van der Waals surface area (Å²) in [4.78, 5) is 16.1. The number of hydrogen-bond acceptors (Lipinski definition) is 4. The van der Waals surface area contributed by atoms with Crippen molar-refractivity contribution in [3.05, 3.63) is 47.2 Å². The number of piperidine rings is 1. The molecule has 2 atom stereocenters. The van der Waals surface area contributed by atoms with E-state index < -0.39 is 13.9 Å². The van der Waals surface area contributed by atoms with Crippen LogP contribution >= 0.6 is 0 Å². The minimum absolute atomic E-state index is 0.204. The van der Waals surface area contributed by atoms with E-state index in [4.69, 9.17) is 9.16 Å². The molecule has 1 aromatic heterocycles. The van der Waals surface area contributed by atoms with Crippen LogP contribution in [0.25, 0.3) is 10.9 Å². The van der Waals surface area contributed by atoms with Crippen molar-refractivity contribution >= 4 is 25.3 Å². The number of rotatable bonds is 4. The molecule has 0 aliphatic carbocycles. The smallest absolute Gasteiger partial charge is 0.419 e. The van der Waals surface area contributed by atoms with Gasteiger partial charge in [-0.05, 0) is 82.6 Å². The highest BCUT2D eigenvalue weighted by atomic mass is 28.4. The van der Waals surface area contributed by atoms with Crippen LogP contribution in [0.15, 0.2) is 35.9 Å². The highest BCUT2D eigenvalue weighted by Gasteiger charge is 2.41. The average Bonchev–Trinajstić information content (AvgIpc) is 3.11. The molecule has 2 aliphatic heterocycles. The average molecular weight is 511 g/mol. The molecule has 0 saturated carbocycles. The van der Waals surface area contributed by atoms with Gasteiger partial charge in [0.05, 0.1) is 17.3 Å². The number of carbonyl (C=O) groups excluding carboxylic acids is 1. The zero-order valence-electron chi connectivity index (χ0n) is 23.9. The van der Waals surface area contributed by atoms with Crippen LogP contribution in [0, 0.1) is 5.92 Å². The third kappa shape index (κ3) is 5.23. The Kier molecular flexibility index (Phi) is 7.37. The normalized spacial score (nSPS) is 22.5. The van der Waals surface area contributed by atoms with Gasteiger partial charge in [-0.15, -0.1) is 0 Å². The van der Waals surface area contributed by atoms with Gasteiger partial charge in [-0.3, -0.25) is 4.90 Å². The van der Waals surface area contributed by atoms with Gasteiger partial charge in [-0.1, -0.05) is 50.6 Å². The molecule has 0 spiro atoms. The van der Waals surface area contributed by atoms with Crippen molar-refractivity contribution in [1.29, 1.82) is 0 Å². The first-order chi connectivity index (χ1) is 16.7. The van der Waals surface area contributed by atoms with Crippen LogP contribution < -0.4 is 0 Å². The first kappa shape index (κ1) is 27.1. The Bertz CT molecular complexity index is 1150. The minimum atomic E-state index is -1.78. The Morgan fingerprint density at radius 1 is 1.14 bits per heavy atom. The molecular formula is C30H46N2O3Si. The minimum Gasteiger partial charge on any atom is -0.443 e. The van der Waals surface area contributed by atoms with Crippen molar-refractivity contribution < 1.29 is 14.0 Å². The number of aromatic nitrogens is 1. The second-order valence-electron chi connectivity index (χ2n) is 13.1. The summed E-state index contributed by atoms with van der Waals surface area (Å²) in [5.41, 5.74) is 4.39. The molecule has 6 heteroatoms. The lowest BCUT2D eigenvalue weighted by atomic mass is 9.80. The van der Waals surface area contributed by atoms with E-state index in [0.29, 0.717) is 5.92 Å². The van der Waals surface area contributed by atoms with Crippen molar-refractivity contribution in [1.82, 2.24) is 9.47 Å². The van der Waals surface area contributed by atoms with E-state index in [1.165, 1.54) is 16.5 Å². The van der Waals surface area contributed by atoms with Gasteiger partial charge in [0.2, 0.25) is 0 Å². The van der Waals surface area contributed by atoms with E-state index in [1.807, 2.05) is 31.4 Å². The van der Waals surface area contributed by atoms with Gasteiger partial charge in [0, 0.05) is 25.1 Å². The highest BCUT2D eigenvalue weighted by molar-refractivity contribution is 6.74. The molecule has 1 saturated heterocycles. The maximum absolute atomic E-state index is 13.6. The van der Waals surface area contributed by atoms with E-state index in [1.54, 1.807) is 0 Å². The zero-order valence-corrected chi connectivity index (χ0v) is 24.9. The van der Waals surface area contributed by atoms with Crippen molar-refractivity contribution in [3.63, 3.8) is 0 Å². The van der Waals surface area contributed by atoms with Crippen molar-refractivity contribution in [3.8, 4) is 0 Å². The maximum Gasteiger partial charge on any atom is 0.419 e. The summed E-state index contributed by atoms with van der Waals surface area (Å²) in [5.74, 6) is 0.456.